The van der Waals surface area contributed by atoms with E-state index in [9.17, 15) is 0 Å². The van der Waals surface area contributed by atoms with E-state index in [1.165, 1.54) is 45.2 Å². The Morgan fingerprint density at radius 1 is 1.31 bits per heavy atom. The fourth-order valence-corrected chi connectivity index (χ4v) is 2.54. The summed E-state index contributed by atoms with van der Waals surface area (Å²) in [5.41, 5.74) is 5.94. The first-order valence-corrected chi connectivity index (χ1v) is 5.75. The van der Waals surface area contributed by atoms with Crippen LogP contribution in [-0.4, -0.2) is 30.1 Å². The molecule has 2 aliphatic rings. The predicted octanol–water partition coefficient (Wildman–Crippen LogP) is 1.60. The van der Waals surface area contributed by atoms with Crippen LogP contribution in [0.2, 0.25) is 0 Å². The summed E-state index contributed by atoms with van der Waals surface area (Å²) >= 11 is 0. The zero-order chi connectivity index (χ0) is 9.26. The van der Waals surface area contributed by atoms with Crippen molar-refractivity contribution in [3.05, 3.63) is 0 Å². The Morgan fingerprint density at radius 3 is 2.62 bits per heavy atom. The highest BCUT2D eigenvalue weighted by Crippen LogP contribution is 2.29. The summed E-state index contributed by atoms with van der Waals surface area (Å²) in [6.45, 7) is 4.91. The lowest BCUT2D eigenvalue weighted by molar-refractivity contribution is 0.102. The van der Waals surface area contributed by atoms with E-state index in [1.807, 2.05) is 0 Å². The van der Waals surface area contributed by atoms with Gasteiger partial charge >= 0.3 is 0 Å². The summed E-state index contributed by atoms with van der Waals surface area (Å²) in [5.74, 6) is 1.01. The molecule has 0 aromatic heterocycles. The van der Waals surface area contributed by atoms with Crippen molar-refractivity contribution in [1.29, 1.82) is 0 Å². The highest BCUT2D eigenvalue weighted by molar-refractivity contribution is 4.83. The summed E-state index contributed by atoms with van der Waals surface area (Å²) in [6, 6.07) is 1.19. The molecule has 2 unspecified atom stereocenters. The maximum Gasteiger partial charge on any atom is 0.00817 e. The Kier molecular flexibility index (Phi) is 2.89. The Bertz CT molecular complexity index is 165. The summed E-state index contributed by atoms with van der Waals surface area (Å²) in [7, 11) is 0. The number of piperidine rings is 1. The first kappa shape index (κ1) is 9.47. The Labute approximate surface area is 81.5 Å². The number of nitrogens with zero attached hydrogens (tertiary/aromatic N) is 1. The second-order valence-electron chi connectivity index (χ2n) is 4.93. The third kappa shape index (κ3) is 2.23. The molecule has 2 nitrogen and oxygen atoms in total. The fraction of sp³-hybridized carbons (Fsp3) is 1.00. The third-order valence-corrected chi connectivity index (χ3v) is 3.77. The quantitative estimate of drug-likeness (QED) is 0.703. The van der Waals surface area contributed by atoms with E-state index in [4.69, 9.17) is 5.73 Å². The SMILES string of the molecule is CC1CC(N)CCN1CC1CCC1. The van der Waals surface area contributed by atoms with E-state index in [0.717, 1.165) is 12.0 Å². The molecule has 1 saturated carbocycles. The highest BCUT2D eigenvalue weighted by Gasteiger charge is 2.27. The van der Waals surface area contributed by atoms with Gasteiger partial charge in [0.2, 0.25) is 0 Å². The zero-order valence-corrected chi connectivity index (χ0v) is 8.71. The molecule has 13 heavy (non-hydrogen) atoms. The molecular weight excluding hydrogens is 160 g/mol. The van der Waals surface area contributed by atoms with E-state index in [-0.39, 0.29) is 0 Å². The van der Waals surface area contributed by atoms with Crippen molar-refractivity contribution in [2.75, 3.05) is 13.1 Å². The molecule has 1 saturated heterocycles. The maximum atomic E-state index is 5.94. The summed E-state index contributed by atoms with van der Waals surface area (Å²) in [4.78, 5) is 2.65. The standard InChI is InChI=1S/C11H22N2/c1-9-7-11(12)5-6-13(9)8-10-3-2-4-10/h9-11H,2-8,12H2,1H3. The molecule has 0 aromatic carbocycles. The van der Waals surface area contributed by atoms with Crippen molar-refractivity contribution in [3.63, 3.8) is 0 Å². The van der Waals surface area contributed by atoms with Crippen LogP contribution in [0.25, 0.3) is 0 Å². The van der Waals surface area contributed by atoms with Crippen molar-refractivity contribution >= 4 is 0 Å². The minimum atomic E-state index is 0.465. The molecule has 0 spiro atoms. The van der Waals surface area contributed by atoms with Crippen LogP contribution in [0, 0.1) is 5.92 Å². The first-order chi connectivity index (χ1) is 6.25. The molecule has 2 fully saturated rings. The number of hydrogen-bond donors (Lipinski definition) is 1. The van der Waals surface area contributed by atoms with Gasteiger partial charge in [0.1, 0.15) is 0 Å². The van der Waals surface area contributed by atoms with Crippen LogP contribution < -0.4 is 5.73 Å². The van der Waals surface area contributed by atoms with Gasteiger partial charge in [-0.2, -0.15) is 0 Å². The average Bonchev–Trinajstić information content (AvgIpc) is 1.99. The van der Waals surface area contributed by atoms with E-state index < -0.39 is 0 Å². The van der Waals surface area contributed by atoms with Gasteiger partial charge in [0.25, 0.3) is 0 Å². The molecule has 2 rings (SSSR count). The second kappa shape index (κ2) is 3.97. The molecule has 2 N–H and O–H groups in total. The van der Waals surface area contributed by atoms with E-state index in [2.05, 4.69) is 11.8 Å². The fourth-order valence-electron chi connectivity index (χ4n) is 2.54. The molecule has 0 aromatic rings. The number of rotatable bonds is 2. The van der Waals surface area contributed by atoms with Gasteiger partial charge < -0.3 is 10.6 Å². The molecule has 1 aliphatic carbocycles. The number of likely N-dealkylation sites (tertiary alicyclic amines) is 1. The van der Waals surface area contributed by atoms with Crippen LogP contribution in [-0.2, 0) is 0 Å². The lowest BCUT2D eigenvalue weighted by Crippen LogP contribution is -2.47. The van der Waals surface area contributed by atoms with Gasteiger partial charge in [-0.1, -0.05) is 6.42 Å². The van der Waals surface area contributed by atoms with Crippen LogP contribution in [0.4, 0.5) is 0 Å². The van der Waals surface area contributed by atoms with Gasteiger partial charge in [-0.05, 0) is 45.1 Å². The molecular formula is C11H22N2. The van der Waals surface area contributed by atoms with Gasteiger partial charge in [-0.3, -0.25) is 0 Å². The summed E-state index contributed by atoms with van der Waals surface area (Å²) in [6.07, 6.45) is 6.81. The van der Waals surface area contributed by atoms with Gasteiger partial charge in [-0.15, -0.1) is 0 Å². The average molecular weight is 182 g/mol. The van der Waals surface area contributed by atoms with Crippen LogP contribution in [0.3, 0.4) is 0 Å². The van der Waals surface area contributed by atoms with Crippen molar-refractivity contribution in [2.45, 2.75) is 51.1 Å². The maximum absolute atomic E-state index is 5.94. The molecule has 2 atom stereocenters. The van der Waals surface area contributed by atoms with Crippen molar-refractivity contribution in [1.82, 2.24) is 4.90 Å². The molecule has 0 amide bonds. The number of nitrogens with two attached hydrogens (primary N) is 1. The normalized spacial score (nSPS) is 37.4. The third-order valence-electron chi connectivity index (χ3n) is 3.77. The highest BCUT2D eigenvalue weighted by atomic mass is 15.2. The smallest absolute Gasteiger partial charge is 0.00817 e. The molecule has 2 heteroatoms. The van der Waals surface area contributed by atoms with Gasteiger partial charge in [0.15, 0.2) is 0 Å². The second-order valence-corrected chi connectivity index (χ2v) is 4.93. The van der Waals surface area contributed by atoms with Crippen molar-refractivity contribution in [3.8, 4) is 0 Å². The number of hydrogen-bond acceptors (Lipinski definition) is 2. The lowest BCUT2D eigenvalue weighted by atomic mass is 9.84. The minimum absolute atomic E-state index is 0.465. The Morgan fingerprint density at radius 2 is 2.08 bits per heavy atom. The first-order valence-electron chi connectivity index (χ1n) is 5.75. The Balaban J connectivity index is 1.77. The van der Waals surface area contributed by atoms with Crippen molar-refractivity contribution in [2.24, 2.45) is 11.7 Å². The van der Waals surface area contributed by atoms with Gasteiger partial charge in [-0.25, -0.2) is 0 Å². The van der Waals surface area contributed by atoms with E-state index in [1.54, 1.807) is 0 Å². The van der Waals surface area contributed by atoms with Gasteiger partial charge in [0.05, 0.1) is 0 Å². The van der Waals surface area contributed by atoms with Crippen molar-refractivity contribution < 1.29 is 0 Å². The van der Waals surface area contributed by atoms with E-state index >= 15 is 0 Å². The van der Waals surface area contributed by atoms with E-state index in [0.29, 0.717) is 6.04 Å². The largest absolute Gasteiger partial charge is 0.328 e. The van der Waals surface area contributed by atoms with Gasteiger partial charge in [0, 0.05) is 18.6 Å². The Hall–Kier alpha value is -0.0800. The predicted molar refractivity (Wildman–Crippen MR) is 55.6 cm³/mol. The monoisotopic (exact) mass is 182 g/mol. The molecule has 0 bridgehead atoms. The molecule has 76 valence electrons. The molecule has 1 heterocycles. The van der Waals surface area contributed by atoms with Crippen LogP contribution >= 0.6 is 0 Å². The molecule has 1 aliphatic heterocycles. The van der Waals surface area contributed by atoms with Crippen LogP contribution in [0.5, 0.6) is 0 Å². The molecule has 0 radical (unpaired) electrons. The van der Waals surface area contributed by atoms with Crippen LogP contribution in [0.15, 0.2) is 0 Å². The summed E-state index contributed by atoms with van der Waals surface area (Å²) < 4.78 is 0. The van der Waals surface area contributed by atoms with Crippen LogP contribution in [0.1, 0.15) is 39.0 Å². The lowest BCUT2D eigenvalue weighted by Gasteiger charge is -2.40. The summed E-state index contributed by atoms with van der Waals surface area (Å²) in [5, 5.41) is 0. The topological polar surface area (TPSA) is 29.3 Å². The zero-order valence-electron chi connectivity index (χ0n) is 8.71. The minimum Gasteiger partial charge on any atom is -0.328 e.